The predicted molar refractivity (Wildman–Crippen MR) is 64.0 cm³/mol. The van der Waals surface area contributed by atoms with Crippen LogP contribution >= 0.6 is 0 Å². The Labute approximate surface area is 85.4 Å². The zero-order valence-electron chi connectivity index (χ0n) is 10.5. The van der Waals surface area contributed by atoms with Gasteiger partial charge in [0.2, 0.25) is 0 Å². The molecule has 0 radical (unpaired) electrons. The van der Waals surface area contributed by atoms with Crippen LogP contribution in [0.25, 0.3) is 0 Å². The third kappa shape index (κ3) is 5.90. The Morgan fingerprint density at radius 1 is 1.31 bits per heavy atom. The summed E-state index contributed by atoms with van der Waals surface area (Å²) in [5.41, 5.74) is 0.357. The highest BCUT2D eigenvalue weighted by Crippen LogP contribution is 2.33. The molecule has 0 amide bonds. The fraction of sp³-hybridized carbons (Fsp3) is 0.846. The first kappa shape index (κ1) is 15.2. The van der Waals surface area contributed by atoms with E-state index in [2.05, 4.69) is 40.3 Å². The normalized spacial score (nSPS) is 14.4. The van der Waals surface area contributed by atoms with E-state index in [0.29, 0.717) is 11.3 Å². The van der Waals surface area contributed by atoms with Crippen LogP contribution in [-0.4, -0.2) is 0 Å². The Hall–Kier alpha value is -0.260. The van der Waals surface area contributed by atoms with Crippen molar-refractivity contribution in [1.29, 1.82) is 0 Å². The smallest absolute Gasteiger partial charge is 0.0126 e. The summed E-state index contributed by atoms with van der Waals surface area (Å²) >= 11 is 0. The van der Waals surface area contributed by atoms with Crippen molar-refractivity contribution in [2.24, 2.45) is 11.3 Å². The Morgan fingerprint density at radius 2 is 1.77 bits per heavy atom. The van der Waals surface area contributed by atoms with E-state index in [0.717, 1.165) is 0 Å². The molecule has 0 spiro atoms. The number of unbranched alkanes of at least 4 members (excludes halogenated alkanes) is 1. The van der Waals surface area contributed by atoms with E-state index in [-0.39, 0.29) is 0 Å². The van der Waals surface area contributed by atoms with Crippen molar-refractivity contribution in [3.05, 3.63) is 12.7 Å². The average Bonchev–Trinajstić information content (AvgIpc) is 2.17. The maximum Gasteiger partial charge on any atom is -0.0126 e. The van der Waals surface area contributed by atoms with Gasteiger partial charge in [-0.15, -0.1) is 6.58 Å². The predicted octanol–water partition coefficient (Wildman–Crippen LogP) is 5.05. The monoisotopic (exact) mass is 184 g/mol. The van der Waals surface area contributed by atoms with Crippen LogP contribution < -0.4 is 0 Å². The highest BCUT2D eigenvalue weighted by atomic mass is 14.3. The summed E-state index contributed by atoms with van der Waals surface area (Å²) in [4.78, 5) is 0. The lowest BCUT2D eigenvalue weighted by molar-refractivity contribution is 0.268. The molecule has 0 aromatic heterocycles. The van der Waals surface area contributed by atoms with Gasteiger partial charge in [0.15, 0.2) is 0 Å². The van der Waals surface area contributed by atoms with Gasteiger partial charge in [0, 0.05) is 0 Å². The lowest BCUT2D eigenvalue weighted by Crippen LogP contribution is -2.20. The first-order valence-corrected chi connectivity index (χ1v) is 5.70. The first-order valence-electron chi connectivity index (χ1n) is 5.70. The van der Waals surface area contributed by atoms with Crippen molar-refractivity contribution < 1.29 is 0 Å². The van der Waals surface area contributed by atoms with Gasteiger partial charge < -0.3 is 0 Å². The van der Waals surface area contributed by atoms with Crippen LogP contribution in [0.15, 0.2) is 12.7 Å². The second kappa shape index (κ2) is 8.34. The van der Waals surface area contributed by atoms with Crippen LogP contribution in [0.3, 0.4) is 0 Å². The molecule has 0 heteroatoms. The van der Waals surface area contributed by atoms with Crippen molar-refractivity contribution in [1.82, 2.24) is 0 Å². The molecule has 13 heavy (non-hydrogen) atoms. The van der Waals surface area contributed by atoms with Gasteiger partial charge >= 0.3 is 0 Å². The third-order valence-corrected chi connectivity index (χ3v) is 2.85. The second-order valence-electron chi connectivity index (χ2n) is 3.97. The Kier molecular flexibility index (Phi) is 9.77. The maximum atomic E-state index is 3.91. The van der Waals surface area contributed by atoms with E-state index in [9.17, 15) is 0 Å². The molecule has 0 aromatic carbocycles. The Balaban J connectivity index is 0. The van der Waals surface area contributed by atoms with Gasteiger partial charge in [-0.2, -0.15) is 0 Å². The van der Waals surface area contributed by atoms with Crippen molar-refractivity contribution in [3.63, 3.8) is 0 Å². The summed E-state index contributed by atoms with van der Waals surface area (Å²) in [6.45, 7) is 17.0. The molecule has 0 saturated carbocycles. The Bertz CT molecular complexity index is 113. The molecule has 0 rings (SSSR count). The highest BCUT2D eigenvalue weighted by Gasteiger charge is 2.23. The summed E-state index contributed by atoms with van der Waals surface area (Å²) < 4.78 is 0. The highest BCUT2D eigenvalue weighted by molar-refractivity contribution is 4.93. The van der Waals surface area contributed by atoms with Crippen molar-refractivity contribution in [3.8, 4) is 0 Å². The van der Waals surface area contributed by atoms with E-state index in [1.165, 1.54) is 19.3 Å². The fourth-order valence-corrected chi connectivity index (χ4v) is 1.18. The van der Waals surface area contributed by atoms with E-state index in [4.69, 9.17) is 0 Å². The lowest BCUT2D eigenvalue weighted by Gasteiger charge is -2.30. The zero-order chi connectivity index (χ0) is 10.9. The molecule has 0 aliphatic carbocycles. The molecule has 0 aliphatic heterocycles. The van der Waals surface area contributed by atoms with Crippen LogP contribution in [0.1, 0.15) is 60.8 Å². The molecule has 0 bridgehead atoms. The van der Waals surface area contributed by atoms with Crippen molar-refractivity contribution in [2.75, 3.05) is 0 Å². The standard InChI is InChI=1S/C11H22.C2H6/c1-6-8-9-11(5,7-2)10(3)4;1-2/h7,10H,2,6,8-9H2,1,3-5H3;1-2H3. The maximum absolute atomic E-state index is 3.91. The molecule has 80 valence electrons. The lowest BCUT2D eigenvalue weighted by atomic mass is 9.75. The molecule has 0 fully saturated rings. The van der Waals surface area contributed by atoms with E-state index in [1.54, 1.807) is 0 Å². The summed E-state index contributed by atoms with van der Waals surface area (Å²) in [5, 5.41) is 0. The van der Waals surface area contributed by atoms with Crippen molar-refractivity contribution in [2.45, 2.75) is 60.8 Å². The SMILES string of the molecule is C=CC(C)(CCCC)C(C)C.CC. The van der Waals surface area contributed by atoms with Crippen LogP contribution in [0.5, 0.6) is 0 Å². The summed E-state index contributed by atoms with van der Waals surface area (Å²) in [6.07, 6.45) is 6.01. The van der Waals surface area contributed by atoms with E-state index >= 15 is 0 Å². The molecule has 0 N–H and O–H groups in total. The molecule has 0 saturated heterocycles. The van der Waals surface area contributed by atoms with Gasteiger partial charge in [0.05, 0.1) is 0 Å². The van der Waals surface area contributed by atoms with Gasteiger partial charge in [-0.1, -0.05) is 60.5 Å². The summed E-state index contributed by atoms with van der Waals surface area (Å²) in [5.74, 6) is 0.714. The van der Waals surface area contributed by atoms with Crippen molar-refractivity contribution >= 4 is 0 Å². The third-order valence-electron chi connectivity index (χ3n) is 2.85. The fourth-order valence-electron chi connectivity index (χ4n) is 1.18. The van der Waals surface area contributed by atoms with E-state index < -0.39 is 0 Å². The van der Waals surface area contributed by atoms with Gasteiger partial charge in [-0.3, -0.25) is 0 Å². The summed E-state index contributed by atoms with van der Waals surface area (Å²) in [6, 6.07) is 0. The van der Waals surface area contributed by atoms with Crippen LogP contribution in [0, 0.1) is 11.3 Å². The molecule has 0 nitrogen and oxygen atoms in total. The number of rotatable bonds is 5. The van der Waals surface area contributed by atoms with Gasteiger partial charge in [-0.05, 0) is 17.8 Å². The minimum Gasteiger partial charge on any atom is -0.103 e. The van der Waals surface area contributed by atoms with Crippen LogP contribution in [-0.2, 0) is 0 Å². The second-order valence-corrected chi connectivity index (χ2v) is 3.97. The van der Waals surface area contributed by atoms with Gasteiger partial charge in [-0.25, -0.2) is 0 Å². The van der Waals surface area contributed by atoms with Crippen LogP contribution in [0.4, 0.5) is 0 Å². The quantitative estimate of drug-likeness (QED) is 0.524. The molecule has 0 aromatic rings. The number of hydrogen-bond acceptors (Lipinski definition) is 0. The average molecular weight is 184 g/mol. The number of hydrogen-bond donors (Lipinski definition) is 0. The van der Waals surface area contributed by atoms with Gasteiger partial charge in [0.1, 0.15) is 0 Å². The molecule has 1 atom stereocenters. The first-order chi connectivity index (χ1) is 6.06. The largest absolute Gasteiger partial charge is 0.103 e. The Morgan fingerprint density at radius 3 is 2.00 bits per heavy atom. The molecule has 0 aliphatic rings. The van der Waals surface area contributed by atoms with Crippen LogP contribution in [0.2, 0.25) is 0 Å². The molecule has 0 heterocycles. The minimum absolute atomic E-state index is 0.357. The topological polar surface area (TPSA) is 0 Å². The van der Waals surface area contributed by atoms with E-state index in [1.807, 2.05) is 13.8 Å². The zero-order valence-corrected chi connectivity index (χ0v) is 10.5. The molecular formula is C13H28. The molecule has 1 unspecified atom stereocenters. The molecular weight excluding hydrogens is 156 g/mol. The summed E-state index contributed by atoms with van der Waals surface area (Å²) in [7, 11) is 0. The number of allylic oxidation sites excluding steroid dienone is 1. The van der Waals surface area contributed by atoms with Gasteiger partial charge in [0.25, 0.3) is 0 Å². The minimum atomic E-state index is 0.357.